The molecule has 3 rings (SSSR count). The van der Waals surface area contributed by atoms with E-state index in [9.17, 15) is 9.59 Å². The molecule has 0 radical (unpaired) electrons. The van der Waals surface area contributed by atoms with Gasteiger partial charge in [0, 0.05) is 65.6 Å². The average Bonchev–Trinajstić information content (AvgIpc) is 3.14. The molecule has 26 heavy (non-hydrogen) atoms. The topological polar surface area (TPSA) is 72.9 Å². The summed E-state index contributed by atoms with van der Waals surface area (Å²) in [4.78, 5) is 41.2. The Labute approximate surface area is 154 Å². The van der Waals surface area contributed by atoms with Crippen molar-refractivity contribution in [2.24, 2.45) is 0 Å². The van der Waals surface area contributed by atoms with Gasteiger partial charge in [0.1, 0.15) is 0 Å². The fraction of sp³-hybridized carbons (Fsp3) is 0.667. The fourth-order valence-electron chi connectivity index (χ4n) is 3.68. The molecule has 0 unspecified atom stereocenters. The largest absolute Gasteiger partial charge is 0.347 e. The van der Waals surface area contributed by atoms with E-state index < -0.39 is 0 Å². The zero-order chi connectivity index (χ0) is 18.5. The molecule has 8 nitrogen and oxygen atoms in total. The number of hydrogen-bond donors (Lipinski definition) is 0. The van der Waals surface area contributed by atoms with Crippen LogP contribution in [0.25, 0.3) is 0 Å². The maximum atomic E-state index is 12.6. The van der Waals surface area contributed by atoms with Crippen molar-refractivity contribution in [3.63, 3.8) is 0 Å². The molecule has 8 heteroatoms. The number of carbonyl (C=O) groups excluding carboxylic acids is 2. The maximum absolute atomic E-state index is 12.6. The highest BCUT2D eigenvalue weighted by Gasteiger charge is 2.32. The molecule has 2 saturated heterocycles. The van der Waals surface area contributed by atoms with Crippen LogP contribution in [-0.4, -0.2) is 95.9 Å². The van der Waals surface area contributed by atoms with Gasteiger partial charge in [-0.05, 0) is 25.5 Å². The summed E-state index contributed by atoms with van der Waals surface area (Å²) >= 11 is 0. The summed E-state index contributed by atoms with van der Waals surface area (Å²) in [5.74, 6) is 1.04. The summed E-state index contributed by atoms with van der Waals surface area (Å²) in [7, 11) is 3.58. The van der Waals surface area contributed by atoms with Crippen LogP contribution >= 0.6 is 0 Å². The van der Waals surface area contributed by atoms with Crippen LogP contribution in [0.3, 0.4) is 0 Å². The molecule has 3 heterocycles. The minimum absolute atomic E-state index is 0.0649. The Hall–Kier alpha value is -2.22. The lowest BCUT2D eigenvalue weighted by atomic mass is 10.2. The van der Waals surface area contributed by atoms with Gasteiger partial charge in [-0.1, -0.05) is 0 Å². The second kappa shape index (κ2) is 8.44. The van der Waals surface area contributed by atoms with Crippen LogP contribution in [0.4, 0.5) is 5.95 Å². The Bertz CT molecular complexity index is 615. The molecule has 2 fully saturated rings. The molecule has 2 amide bonds. The molecule has 0 spiro atoms. The molecular weight excluding hydrogens is 332 g/mol. The van der Waals surface area contributed by atoms with Gasteiger partial charge in [0.15, 0.2) is 0 Å². The van der Waals surface area contributed by atoms with E-state index >= 15 is 0 Å². The third-order valence-electron chi connectivity index (χ3n) is 5.17. The number of nitrogens with zero attached hydrogens (tertiary/aromatic N) is 6. The van der Waals surface area contributed by atoms with Crippen molar-refractivity contribution in [1.82, 2.24) is 24.7 Å². The monoisotopic (exact) mass is 360 g/mol. The van der Waals surface area contributed by atoms with E-state index in [2.05, 4.69) is 19.8 Å². The lowest BCUT2D eigenvalue weighted by molar-refractivity contribution is -0.135. The number of carbonyl (C=O) groups is 2. The van der Waals surface area contributed by atoms with Crippen LogP contribution in [0.5, 0.6) is 0 Å². The van der Waals surface area contributed by atoms with Crippen LogP contribution in [0.15, 0.2) is 18.5 Å². The summed E-state index contributed by atoms with van der Waals surface area (Å²) in [6.45, 7) is 4.44. The lowest BCUT2D eigenvalue weighted by Crippen LogP contribution is -2.50. The van der Waals surface area contributed by atoms with E-state index in [4.69, 9.17) is 0 Å². The highest BCUT2D eigenvalue weighted by atomic mass is 16.2. The molecule has 0 bridgehead atoms. The van der Waals surface area contributed by atoms with Crippen molar-refractivity contribution < 1.29 is 9.59 Å². The summed E-state index contributed by atoms with van der Waals surface area (Å²) in [6, 6.07) is 1.74. The van der Waals surface area contributed by atoms with E-state index in [1.54, 1.807) is 37.5 Å². The molecule has 2 aliphatic rings. The first-order valence-electron chi connectivity index (χ1n) is 9.31. The second-order valence-corrected chi connectivity index (χ2v) is 7.09. The van der Waals surface area contributed by atoms with Gasteiger partial charge in [-0.15, -0.1) is 0 Å². The van der Waals surface area contributed by atoms with Crippen molar-refractivity contribution in [2.45, 2.75) is 25.3 Å². The summed E-state index contributed by atoms with van der Waals surface area (Å²) in [5, 5.41) is 0. The van der Waals surface area contributed by atoms with Gasteiger partial charge in [-0.3, -0.25) is 14.5 Å². The molecular formula is C18H28N6O2. The number of likely N-dealkylation sites (tertiary alicyclic amines) is 1. The molecule has 142 valence electrons. The number of rotatable bonds is 5. The molecule has 0 saturated carbocycles. The van der Waals surface area contributed by atoms with Crippen molar-refractivity contribution in [3.05, 3.63) is 18.5 Å². The Morgan fingerprint density at radius 2 is 1.81 bits per heavy atom. The zero-order valence-electron chi connectivity index (χ0n) is 15.7. The number of aromatic nitrogens is 2. The predicted molar refractivity (Wildman–Crippen MR) is 98.7 cm³/mol. The second-order valence-electron chi connectivity index (χ2n) is 7.09. The average molecular weight is 360 g/mol. The number of piperazine rings is 1. The van der Waals surface area contributed by atoms with Gasteiger partial charge in [0.2, 0.25) is 17.8 Å². The van der Waals surface area contributed by atoms with E-state index in [1.807, 2.05) is 4.90 Å². The molecule has 2 aliphatic heterocycles. The Balaban J connectivity index is 1.45. The molecule has 1 atom stereocenters. The first kappa shape index (κ1) is 18.6. The van der Waals surface area contributed by atoms with Gasteiger partial charge in [0.25, 0.3) is 0 Å². The Morgan fingerprint density at radius 3 is 2.46 bits per heavy atom. The number of likely N-dealkylation sites (N-methyl/N-ethyl adjacent to an activating group) is 1. The Morgan fingerprint density at radius 1 is 1.12 bits per heavy atom. The molecule has 0 aromatic carbocycles. The lowest BCUT2D eigenvalue weighted by Gasteiger charge is -2.35. The van der Waals surface area contributed by atoms with Crippen molar-refractivity contribution in [1.29, 1.82) is 0 Å². The molecule has 1 aromatic rings. The summed E-state index contributed by atoms with van der Waals surface area (Å²) in [6.07, 6.45) is 5.86. The third-order valence-corrected chi connectivity index (χ3v) is 5.17. The predicted octanol–water partition coefficient (Wildman–Crippen LogP) is 0.0679. The minimum atomic E-state index is -0.0649. The number of amides is 2. The highest BCUT2D eigenvalue weighted by molar-refractivity contribution is 5.82. The van der Waals surface area contributed by atoms with Crippen LogP contribution in [0.2, 0.25) is 0 Å². The summed E-state index contributed by atoms with van der Waals surface area (Å²) < 4.78 is 0. The van der Waals surface area contributed by atoms with E-state index in [-0.39, 0.29) is 17.9 Å². The van der Waals surface area contributed by atoms with Crippen molar-refractivity contribution in [3.8, 4) is 0 Å². The molecule has 1 aromatic heterocycles. The van der Waals surface area contributed by atoms with E-state index in [0.717, 1.165) is 38.4 Å². The van der Waals surface area contributed by atoms with E-state index in [1.165, 1.54) is 0 Å². The Kier molecular flexibility index (Phi) is 6.03. The number of anilines is 1. The van der Waals surface area contributed by atoms with E-state index in [0.29, 0.717) is 26.1 Å². The summed E-state index contributed by atoms with van der Waals surface area (Å²) in [5.41, 5.74) is 0. The van der Waals surface area contributed by atoms with Gasteiger partial charge >= 0.3 is 0 Å². The van der Waals surface area contributed by atoms with Crippen LogP contribution in [0, 0.1) is 0 Å². The van der Waals surface area contributed by atoms with Crippen molar-refractivity contribution in [2.75, 3.05) is 58.3 Å². The zero-order valence-corrected chi connectivity index (χ0v) is 15.7. The van der Waals surface area contributed by atoms with Gasteiger partial charge in [-0.2, -0.15) is 0 Å². The van der Waals surface area contributed by atoms with Crippen LogP contribution < -0.4 is 4.90 Å². The normalized spacial score (nSPS) is 21.1. The number of hydrogen-bond acceptors (Lipinski definition) is 6. The first-order chi connectivity index (χ1) is 12.6. The van der Waals surface area contributed by atoms with Gasteiger partial charge in [0.05, 0.1) is 6.04 Å². The third kappa shape index (κ3) is 4.30. The first-order valence-corrected chi connectivity index (χ1v) is 9.31. The van der Waals surface area contributed by atoms with Crippen molar-refractivity contribution >= 4 is 17.8 Å². The van der Waals surface area contributed by atoms with Gasteiger partial charge < -0.3 is 14.7 Å². The molecule has 0 aliphatic carbocycles. The van der Waals surface area contributed by atoms with Crippen LogP contribution in [0.1, 0.15) is 19.3 Å². The quantitative estimate of drug-likeness (QED) is 0.740. The smallest absolute Gasteiger partial charge is 0.239 e. The maximum Gasteiger partial charge on any atom is 0.239 e. The SMILES string of the molecule is CN(C)C(=O)[C@H]1CCCN1CCC(=O)N1CCN(c2ncccn2)CC1. The highest BCUT2D eigenvalue weighted by Crippen LogP contribution is 2.19. The standard InChI is InChI=1S/C18H28N6O2/c1-21(2)17(26)15-5-3-9-22(15)10-6-16(25)23-11-13-24(14-12-23)18-19-7-4-8-20-18/h4,7-8,15H,3,5-6,9-14H2,1-2H3/t15-/m1/s1. The van der Waals surface area contributed by atoms with Crippen LogP contribution in [-0.2, 0) is 9.59 Å². The minimum Gasteiger partial charge on any atom is -0.347 e. The fourth-order valence-corrected chi connectivity index (χ4v) is 3.68. The van der Waals surface area contributed by atoms with Gasteiger partial charge in [-0.25, -0.2) is 9.97 Å². The molecule has 0 N–H and O–H groups in total.